The van der Waals surface area contributed by atoms with Gasteiger partial charge >= 0.3 is 23.5 Å². The fraction of sp³-hybridized carbons (Fsp3) is 0.667. The monoisotopic (exact) mass is 618 g/mol. The smallest absolute Gasteiger partial charge is 0.351 e. The molecule has 0 amide bonds. The summed E-state index contributed by atoms with van der Waals surface area (Å²) in [6.07, 6.45) is 4.52. The standard InChI is InChI=1S/C36H42O9/c1-18-11-24(37)41-26-22(18)7-8-23-25(26)27(42-30(39)35-15-19-12-20(16-35)14-21(13-19)17-35)28(32(2,3)44-23)43-31(40)36-10-9-34(6,29(38)45-36)33(36,4)5/h7-8,11,19-21,27-28H,9-10,12-17H2,1-6H3/t19?,20?,21?,27-,28-,34+,35?,36+/m1/s1. The maximum Gasteiger partial charge on any atom is 0.351 e. The molecule has 2 aliphatic heterocycles. The van der Waals surface area contributed by atoms with Crippen molar-refractivity contribution in [1.82, 2.24) is 0 Å². The van der Waals surface area contributed by atoms with E-state index in [0.717, 1.165) is 19.3 Å². The zero-order valence-corrected chi connectivity index (χ0v) is 26.9. The van der Waals surface area contributed by atoms with Gasteiger partial charge in [0.25, 0.3) is 0 Å². The lowest BCUT2D eigenvalue weighted by Crippen LogP contribution is -2.57. The van der Waals surface area contributed by atoms with Gasteiger partial charge in [0, 0.05) is 16.9 Å². The van der Waals surface area contributed by atoms with Gasteiger partial charge < -0.3 is 23.4 Å². The first-order chi connectivity index (χ1) is 21.1. The second kappa shape index (κ2) is 8.91. The summed E-state index contributed by atoms with van der Waals surface area (Å²) < 4.78 is 31.1. The minimum atomic E-state index is -1.48. The van der Waals surface area contributed by atoms with Crippen molar-refractivity contribution in [3.05, 3.63) is 39.7 Å². The molecule has 9 heteroatoms. The summed E-state index contributed by atoms with van der Waals surface area (Å²) in [4.78, 5) is 54.5. The van der Waals surface area contributed by atoms with Crippen LogP contribution in [0.1, 0.15) is 103 Å². The van der Waals surface area contributed by atoms with Gasteiger partial charge in [0.1, 0.15) is 16.9 Å². The van der Waals surface area contributed by atoms with Gasteiger partial charge in [-0.1, -0.05) is 13.8 Å². The van der Waals surface area contributed by atoms with E-state index in [1.165, 1.54) is 25.3 Å². The average Bonchev–Trinajstić information content (AvgIpc) is 3.23. The molecule has 3 heterocycles. The Morgan fingerprint density at radius 1 is 0.844 bits per heavy atom. The summed E-state index contributed by atoms with van der Waals surface area (Å²) in [5.74, 6) is 0.583. The first kappa shape index (κ1) is 29.1. The molecule has 1 aromatic heterocycles. The van der Waals surface area contributed by atoms with Gasteiger partial charge in [0.2, 0.25) is 5.60 Å². The van der Waals surface area contributed by atoms with E-state index in [1.54, 1.807) is 19.9 Å². The van der Waals surface area contributed by atoms with Crippen LogP contribution in [0.4, 0.5) is 0 Å². The molecular formula is C36H42O9. The number of hydrogen-bond donors (Lipinski definition) is 0. The zero-order valence-electron chi connectivity index (χ0n) is 26.9. The van der Waals surface area contributed by atoms with Gasteiger partial charge in [-0.15, -0.1) is 0 Å². The van der Waals surface area contributed by atoms with Gasteiger partial charge in [-0.2, -0.15) is 0 Å². The first-order valence-corrected chi connectivity index (χ1v) is 16.5. The Morgan fingerprint density at radius 2 is 1.49 bits per heavy atom. The number of carbonyl (C=O) groups is 3. The summed E-state index contributed by atoms with van der Waals surface area (Å²) in [5, 5.41) is 0.675. The molecule has 240 valence electrons. The minimum absolute atomic E-state index is 0.247. The molecule has 9 rings (SSSR count). The van der Waals surface area contributed by atoms with Gasteiger partial charge in [0.15, 0.2) is 12.2 Å². The van der Waals surface area contributed by atoms with Crippen LogP contribution in [-0.2, 0) is 28.6 Å². The fourth-order valence-corrected chi connectivity index (χ4v) is 10.4. The number of benzene rings is 1. The maximum atomic E-state index is 14.5. The van der Waals surface area contributed by atoms with Crippen LogP contribution in [0.3, 0.4) is 0 Å². The Hall–Kier alpha value is -3.36. The summed E-state index contributed by atoms with van der Waals surface area (Å²) >= 11 is 0. The highest BCUT2D eigenvalue weighted by molar-refractivity contribution is 5.94. The van der Waals surface area contributed by atoms with E-state index < -0.39 is 57.2 Å². The van der Waals surface area contributed by atoms with Crippen molar-refractivity contribution in [3.8, 4) is 5.75 Å². The molecule has 45 heavy (non-hydrogen) atoms. The Morgan fingerprint density at radius 3 is 2.07 bits per heavy atom. The summed E-state index contributed by atoms with van der Waals surface area (Å²) in [6, 6.07) is 5.04. The normalized spacial score (nSPS) is 39.7. The fourth-order valence-electron chi connectivity index (χ4n) is 10.4. The van der Waals surface area contributed by atoms with Crippen molar-refractivity contribution >= 4 is 28.9 Å². The maximum absolute atomic E-state index is 14.5. The van der Waals surface area contributed by atoms with E-state index in [0.29, 0.717) is 52.9 Å². The Bertz CT molecular complexity index is 1700. The van der Waals surface area contributed by atoms with Gasteiger partial charge in [-0.05, 0) is 115 Å². The second-order valence-corrected chi connectivity index (χ2v) is 16.3. The van der Waals surface area contributed by atoms with E-state index >= 15 is 0 Å². The van der Waals surface area contributed by atoms with Crippen LogP contribution in [0.25, 0.3) is 11.0 Å². The lowest BCUT2D eigenvalue weighted by atomic mass is 9.49. The number of esters is 3. The molecule has 9 nitrogen and oxygen atoms in total. The molecule has 0 unspecified atom stereocenters. The number of fused-ring (bicyclic) bond motifs is 5. The molecular weight excluding hydrogens is 576 g/mol. The number of rotatable bonds is 4. The zero-order chi connectivity index (χ0) is 31.9. The topological polar surface area (TPSA) is 118 Å². The highest BCUT2D eigenvalue weighted by Gasteiger charge is 2.77. The van der Waals surface area contributed by atoms with Crippen molar-refractivity contribution < 1.29 is 37.7 Å². The van der Waals surface area contributed by atoms with Crippen LogP contribution in [0.2, 0.25) is 0 Å². The van der Waals surface area contributed by atoms with Crippen LogP contribution < -0.4 is 10.4 Å². The van der Waals surface area contributed by atoms with Crippen molar-refractivity contribution in [1.29, 1.82) is 0 Å². The Balaban J connectivity index is 1.24. The third kappa shape index (κ3) is 3.72. The molecule has 7 aliphatic rings. The SMILES string of the molecule is Cc1cc(=O)oc2c3c(ccc12)OC(C)(C)[C@H](OC(=O)[C@]12CC[C@@](C)(C(=O)O1)C2(C)C)[C@@H]3OC(=O)C12CC3CC(CC(C3)C1)C2. The first-order valence-electron chi connectivity index (χ1n) is 16.5. The van der Waals surface area contributed by atoms with Crippen molar-refractivity contribution in [2.45, 2.75) is 116 Å². The summed E-state index contributed by atoms with van der Waals surface area (Å²) in [6.45, 7) is 11.0. The minimum Gasteiger partial charge on any atom is -0.483 e. The number of aryl methyl sites for hydroxylation is 1. The molecule has 0 spiro atoms. The Labute approximate surface area is 262 Å². The van der Waals surface area contributed by atoms with Gasteiger partial charge in [-0.3, -0.25) is 9.59 Å². The van der Waals surface area contributed by atoms with Crippen LogP contribution in [0, 0.1) is 40.9 Å². The molecule has 6 bridgehead atoms. The third-order valence-corrected chi connectivity index (χ3v) is 13.1. The van der Waals surface area contributed by atoms with Gasteiger partial charge in [0.05, 0.1) is 16.4 Å². The number of ether oxygens (including phenoxy) is 4. The molecule has 0 N–H and O–H groups in total. The molecule has 0 radical (unpaired) electrons. The molecule has 5 aliphatic carbocycles. The molecule has 4 atom stereocenters. The van der Waals surface area contributed by atoms with Crippen LogP contribution in [-0.4, -0.2) is 35.2 Å². The van der Waals surface area contributed by atoms with E-state index in [1.807, 2.05) is 33.8 Å². The van der Waals surface area contributed by atoms with Crippen LogP contribution in [0.15, 0.2) is 27.4 Å². The van der Waals surface area contributed by atoms with E-state index in [2.05, 4.69) is 0 Å². The predicted octanol–water partition coefficient (Wildman–Crippen LogP) is 6.11. The highest BCUT2D eigenvalue weighted by atomic mass is 16.6. The van der Waals surface area contributed by atoms with Gasteiger partial charge in [-0.25, -0.2) is 9.59 Å². The summed E-state index contributed by atoms with van der Waals surface area (Å²) in [7, 11) is 0. The van der Waals surface area contributed by atoms with E-state index in [-0.39, 0.29) is 11.6 Å². The lowest BCUT2D eigenvalue weighted by molar-refractivity contribution is -0.216. The van der Waals surface area contributed by atoms with Crippen molar-refractivity contribution in [2.24, 2.45) is 34.0 Å². The molecule has 1 aromatic carbocycles. The molecule has 2 aromatic rings. The van der Waals surface area contributed by atoms with E-state index in [9.17, 15) is 19.2 Å². The van der Waals surface area contributed by atoms with Crippen LogP contribution >= 0.6 is 0 Å². The molecule has 1 saturated heterocycles. The lowest BCUT2D eigenvalue weighted by Gasteiger charge is -2.55. The number of carbonyl (C=O) groups excluding carboxylic acids is 3. The number of hydrogen-bond acceptors (Lipinski definition) is 9. The average molecular weight is 619 g/mol. The third-order valence-electron chi connectivity index (χ3n) is 13.1. The van der Waals surface area contributed by atoms with E-state index in [4.69, 9.17) is 23.4 Å². The quantitative estimate of drug-likeness (QED) is 0.227. The predicted molar refractivity (Wildman–Crippen MR) is 161 cm³/mol. The van der Waals surface area contributed by atoms with Crippen molar-refractivity contribution in [2.75, 3.05) is 0 Å². The Kier molecular flexibility index (Phi) is 5.76. The molecule has 6 fully saturated rings. The molecule has 5 saturated carbocycles. The second-order valence-electron chi connectivity index (χ2n) is 16.3. The van der Waals surface area contributed by atoms with Crippen LogP contribution in [0.5, 0.6) is 5.75 Å². The van der Waals surface area contributed by atoms with Crippen molar-refractivity contribution in [3.63, 3.8) is 0 Å². The summed E-state index contributed by atoms with van der Waals surface area (Å²) in [5.41, 5.74) is -4.08. The largest absolute Gasteiger partial charge is 0.483 e. The highest BCUT2D eigenvalue weighted by Crippen LogP contribution is 2.66.